The van der Waals surface area contributed by atoms with E-state index in [9.17, 15) is 4.79 Å². The normalized spacial score (nSPS) is 28.0. The maximum absolute atomic E-state index is 12.7. The van der Waals surface area contributed by atoms with Crippen molar-refractivity contribution in [1.29, 1.82) is 0 Å². The summed E-state index contributed by atoms with van der Waals surface area (Å²) in [4.78, 5) is 19.2. The number of fused-ring (bicyclic) bond motifs is 1. The van der Waals surface area contributed by atoms with Crippen molar-refractivity contribution < 1.29 is 4.79 Å². The fourth-order valence-corrected chi connectivity index (χ4v) is 4.13. The van der Waals surface area contributed by atoms with Gasteiger partial charge in [-0.25, -0.2) is 4.98 Å². The van der Waals surface area contributed by atoms with Crippen LogP contribution in [0.5, 0.6) is 0 Å². The van der Waals surface area contributed by atoms with E-state index in [0.29, 0.717) is 24.3 Å². The van der Waals surface area contributed by atoms with Gasteiger partial charge < -0.3 is 0 Å². The number of pyridine rings is 1. The predicted molar refractivity (Wildman–Crippen MR) is 85.3 cm³/mol. The average molecular weight is 286 g/mol. The summed E-state index contributed by atoms with van der Waals surface area (Å²) in [6, 6.07) is 4.49. The minimum Gasteiger partial charge on any atom is -0.293 e. The van der Waals surface area contributed by atoms with Crippen LogP contribution in [0.2, 0.25) is 0 Å². The van der Waals surface area contributed by atoms with E-state index >= 15 is 0 Å². The zero-order valence-corrected chi connectivity index (χ0v) is 13.6. The number of amides is 1. The highest BCUT2D eigenvalue weighted by atomic mass is 16.2. The Kier molecular flexibility index (Phi) is 3.54. The third-order valence-electron chi connectivity index (χ3n) is 5.37. The molecule has 0 bridgehead atoms. The van der Waals surface area contributed by atoms with Crippen molar-refractivity contribution in [3.05, 3.63) is 23.9 Å². The molecular formula is C18H26N2O. The van der Waals surface area contributed by atoms with Crippen molar-refractivity contribution in [2.45, 2.75) is 65.3 Å². The number of carbonyl (C=O) groups excluding carboxylic acids is 1. The van der Waals surface area contributed by atoms with Crippen LogP contribution >= 0.6 is 0 Å². The van der Waals surface area contributed by atoms with Gasteiger partial charge in [-0.3, -0.25) is 9.69 Å². The molecule has 2 unspecified atom stereocenters. The third kappa shape index (κ3) is 2.47. The fourth-order valence-electron chi connectivity index (χ4n) is 4.13. The molecule has 2 fully saturated rings. The number of nitrogens with zero attached hydrogens (tertiary/aromatic N) is 2. The van der Waals surface area contributed by atoms with Gasteiger partial charge in [0.2, 0.25) is 5.91 Å². The van der Waals surface area contributed by atoms with E-state index in [1.165, 1.54) is 18.4 Å². The fraction of sp³-hybridized carbons (Fsp3) is 0.667. The number of piperidine rings is 1. The lowest BCUT2D eigenvalue weighted by atomic mass is 9.70. The molecule has 2 heterocycles. The molecule has 2 aliphatic rings. The Morgan fingerprint density at radius 2 is 2.05 bits per heavy atom. The highest BCUT2D eigenvalue weighted by Gasteiger charge is 2.49. The molecule has 114 valence electrons. The molecule has 1 saturated carbocycles. The zero-order chi connectivity index (χ0) is 15.2. The summed E-state index contributed by atoms with van der Waals surface area (Å²) in [5.74, 6) is 2.17. The van der Waals surface area contributed by atoms with Crippen LogP contribution in [0.15, 0.2) is 18.3 Å². The van der Waals surface area contributed by atoms with E-state index in [1.807, 2.05) is 17.2 Å². The Morgan fingerprint density at radius 3 is 2.67 bits per heavy atom. The lowest BCUT2D eigenvalue weighted by Gasteiger charge is -2.46. The van der Waals surface area contributed by atoms with Crippen LogP contribution in [-0.4, -0.2) is 16.9 Å². The first-order valence-electron chi connectivity index (χ1n) is 8.18. The first-order chi connectivity index (χ1) is 9.90. The second kappa shape index (κ2) is 5.11. The summed E-state index contributed by atoms with van der Waals surface area (Å²) < 4.78 is 0. The Bertz CT molecular complexity index is 533. The maximum Gasteiger partial charge on any atom is 0.228 e. The van der Waals surface area contributed by atoms with Crippen LogP contribution in [0, 0.1) is 11.3 Å². The van der Waals surface area contributed by atoms with Gasteiger partial charge >= 0.3 is 0 Å². The summed E-state index contributed by atoms with van der Waals surface area (Å²) in [7, 11) is 0. The van der Waals surface area contributed by atoms with Crippen molar-refractivity contribution in [2.24, 2.45) is 11.3 Å². The summed E-state index contributed by atoms with van der Waals surface area (Å²) in [5.41, 5.74) is 1.36. The second-order valence-electron chi connectivity index (χ2n) is 7.64. The second-order valence-corrected chi connectivity index (χ2v) is 7.64. The van der Waals surface area contributed by atoms with Crippen molar-refractivity contribution >= 4 is 11.7 Å². The molecule has 1 aliphatic heterocycles. The first kappa shape index (κ1) is 14.6. The van der Waals surface area contributed by atoms with E-state index in [0.717, 1.165) is 12.2 Å². The molecule has 1 aromatic rings. The number of anilines is 1. The van der Waals surface area contributed by atoms with Gasteiger partial charge in [-0.15, -0.1) is 0 Å². The van der Waals surface area contributed by atoms with Crippen LogP contribution in [0.3, 0.4) is 0 Å². The van der Waals surface area contributed by atoms with Gasteiger partial charge in [0, 0.05) is 18.7 Å². The van der Waals surface area contributed by atoms with E-state index in [2.05, 4.69) is 38.7 Å². The molecule has 1 aromatic heterocycles. The number of hydrogen-bond donors (Lipinski definition) is 0. The highest BCUT2D eigenvalue weighted by molar-refractivity contribution is 5.94. The van der Waals surface area contributed by atoms with Crippen molar-refractivity contribution in [1.82, 2.24) is 4.98 Å². The quantitative estimate of drug-likeness (QED) is 0.818. The number of hydrogen-bond acceptors (Lipinski definition) is 2. The lowest BCUT2D eigenvalue weighted by molar-refractivity contribution is -0.124. The van der Waals surface area contributed by atoms with Crippen molar-refractivity contribution in [3.8, 4) is 0 Å². The van der Waals surface area contributed by atoms with E-state index in [-0.39, 0.29) is 11.3 Å². The molecule has 1 aliphatic carbocycles. The van der Waals surface area contributed by atoms with Gasteiger partial charge in [-0.1, -0.05) is 40.2 Å². The van der Waals surface area contributed by atoms with Gasteiger partial charge in [0.25, 0.3) is 0 Å². The Hall–Kier alpha value is -1.38. The van der Waals surface area contributed by atoms with Crippen LogP contribution in [0.4, 0.5) is 5.82 Å². The number of rotatable bonds is 2. The maximum atomic E-state index is 12.7. The molecular weight excluding hydrogens is 260 g/mol. The molecule has 2 atom stereocenters. The summed E-state index contributed by atoms with van der Waals surface area (Å²) in [6.45, 7) is 8.83. The summed E-state index contributed by atoms with van der Waals surface area (Å²) >= 11 is 0. The minimum atomic E-state index is 0.132. The van der Waals surface area contributed by atoms with Gasteiger partial charge in [0.15, 0.2) is 0 Å². The topological polar surface area (TPSA) is 33.2 Å². The molecule has 0 spiro atoms. The Morgan fingerprint density at radius 1 is 1.29 bits per heavy atom. The smallest absolute Gasteiger partial charge is 0.228 e. The minimum absolute atomic E-state index is 0.132. The molecule has 0 N–H and O–H groups in total. The Labute approximate surface area is 127 Å². The summed E-state index contributed by atoms with van der Waals surface area (Å²) in [6.07, 6.45) is 6.16. The highest BCUT2D eigenvalue weighted by Crippen LogP contribution is 2.48. The van der Waals surface area contributed by atoms with Gasteiger partial charge in [-0.05, 0) is 41.7 Å². The molecule has 3 rings (SSSR count). The molecule has 1 amide bonds. The van der Waals surface area contributed by atoms with Crippen LogP contribution in [0.25, 0.3) is 0 Å². The van der Waals surface area contributed by atoms with E-state index in [1.54, 1.807) is 0 Å². The van der Waals surface area contributed by atoms with E-state index in [4.69, 9.17) is 0 Å². The number of aromatic nitrogens is 1. The van der Waals surface area contributed by atoms with E-state index < -0.39 is 0 Å². The average Bonchev–Trinajstić information content (AvgIpc) is 2.88. The largest absolute Gasteiger partial charge is 0.293 e. The standard InChI is InChI=1S/C18H26N2O/c1-12(2)13-8-9-16(19-11-13)20-15-7-5-6-14(15)18(3,4)10-17(20)21/h8-9,11-12,14-15H,5-7,10H2,1-4H3. The van der Waals surface area contributed by atoms with Crippen LogP contribution < -0.4 is 4.90 Å². The SMILES string of the molecule is CC(C)c1ccc(N2C(=O)CC(C)(C)C3CCCC32)nc1. The van der Waals surface area contributed by atoms with Crippen LogP contribution in [0.1, 0.15) is 64.9 Å². The molecule has 21 heavy (non-hydrogen) atoms. The van der Waals surface area contributed by atoms with Crippen molar-refractivity contribution in [3.63, 3.8) is 0 Å². The Balaban J connectivity index is 1.92. The lowest BCUT2D eigenvalue weighted by Crippen LogP contribution is -2.53. The van der Waals surface area contributed by atoms with Crippen molar-refractivity contribution in [2.75, 3.05) is 4.90 Å². The van der Waals surface area contributed by atoms with Gasteiger partial charge in [-0.2, -0.15) is 0 Å². The monoisotopic (exact) mass is 286 g/mol. The van der Waals surface area contributed by atoms with Gasteiger partial charge in [0.05, 0.1) is 0 Å². The molecule has 3 heteroatoms. The zero-order valence-electron chi connectivity index (χ0n) is 13.6. The molecule has 1 saturated heterocycles. The van der Waals surface area contributed by atoms with Gasteiger partial charge in [0.1, 0.15) is 5.82 Å². The molecule has 3 nitrogen and oxygen atoms in total. The summed E-state index contributed by atoms with van der Waals surface area (Å²) in [5, 5.41) is 0. The van der Waals surface area contributed by atoms with Crippen LogP contribution in [-0.2, 0) is 4.79 Å². The molecule has 0 aromatic carbocycles. The first-order valence-corrected chi connectivity index (χ1v) is 8.18. The predicted octanol–water partition coefficient (Wildman–Crippen LogP) is 4.14. The number of carbonyl (C=O) groups is 1. The molecule has 0 radical (unpaired) electrons. The third-order valence-corrected chi connectivity index (χ3v) is 5.37.